The second-order valence-electron chi connectivity index (χ2n) is 3.78. The molecule has 0 aromatic heterocycles. The zero-order valence-corrected chi connectivity index (χ0v) is 10.8. The summed E-state index contributed by atoms with van der Waals surface area (Å²) >= 11 is 0. The number of carbonyl (C=O) groups is 1. The smallest absolute Gasteiger partial charge is 0.335 e. The molecule has 0 saturated carbocycles. The van der Waals surface area contributed by atoms with Crippen LogP contribution in [-0.2, 0) is 10.0 Å². The molecule has 0 fully saturated rings. The van der Waals surface area contributed by atoms with E-state index in [1.165, 1.54) is 0 Å². The third-order valence-electron chi connectivity index (χ3n) is 2.35. The quantitative estimate of drug-likeness (QED) is 0.637. The Morgan fingerprint density at radius 2 is 2.00 bits per heavy atom. The molecule has 1 aromatic rings. The highest BCUT2D eigenvalue weighted by molar-refractivity contribution is 7.89. The highest BCUT2D eigenvalue weighted by Gasteiger charge is 2.19. The Kier molecular flexibility index (Phi) is 5.40. The van der Waals surface area contributed by atoms with Crippen molar-refractivity contribution in [3.63, 3.8) is 0 Å². The lowest BCUT2D eigenvalue weighted by molar-refractivity contribution is 0.0696. The van der Waals surface area contributed by atoms with E-state index >= 15 is 0 Å². The molecule has 0 spiro atoms. The summed E-state index contributed by atoms with van der Waals surface area (Å²) in [6.07, 6.45) is 0.855. The number of rotatable bonds is 7. The summed E-state index contributed by atoms with van der Waals surface area (Å²) in [5.74, 6) is -2.45. The Bertz CT molecular complexity index is 558. The molecule has 0 aliphatic rings. The molecule has 1 aromatic carbocycles. The molecule has 0 atom stereocenters. The van der Waals surface area contributed by atoms with Crippen LogP contribution in [0, 0.1) is 5.82 Å². The first-order valence-electron chi connectivity index (χ1n) is 5.52. The largest absolute Gasteiger partial charge is 0.478 e. The molecule has 0 aliphatic heterocycles. The summed E-state index contributed by atoms with van der Waals surface area (Å²) in [5.41, 5.74) is -0.322. The van der Waals surface area contributed by atoms with Crippen molar-refractivity contribution < 1.29 is 27.8 Å². The molecule has 3 N–H and O–H groups in total. The summed E-state index contributed by atoms with van der Waals surface area (Å²) in [6, 6.07) is 2.59. The van der Waals surface area contributed by atoms with Crippen LogP contribution in [0.4, 0.5) is 4.39 Å². The number of aromatic carboxylic acids is 1. The molecule has 6 nitrogen and oxygen atoms in total. The van der Waals surface area contributed by atoms with Crippen molar-refractivity contribution in [2.75, 3.05) is 13.2 Å². The van der Waals surface area contributed by atoms with E-state index in [0.29, 0.717) is 18.9 Å². The molecule has 0 saturated heterocycles. The average Bonchev–Trinajstić information content (AvgIpc) is 2.34. The summed E-state index contributed by atoms with van der Waals surface area (Å²) in [4.78, 5) is 10.0. The summed E-state index contributed by atoms with van der Waals surface area (Å²) in [5, 5.41) is 17.2. The van der Waals surface area contributed by atoms with Gasteiger partial charge in [-0.25, -0.2) is 22.3 Å². The number of nitrogens with one attached hydrogen (secondary N) is 1. The number of aliphatic hydroxyl groups is 1. The van der Waals surface area contributed by atoms with Crippen LogP contribution in [0.3, 0.4) is 0 Å². The van der Waals surface area contributed by atoms with Gasteiger partial charge in [0, 0.05) is 13.2 Å². The van der Waals surface area contributed by atoms with Crippen molar-refractivity contribution in [1.82, 2.24) is 4.72 Å². The van der Waals surface area contributed by atoms with Crippen LogP contribution in [0.5, 0.6) is 0 Å². The van der Waals surface area contributed by atoms with E-state index < -0.39 is 26.7 Å². The zero-order chi connectivity index (χ0) is 14.5. The van der Waals surface area contributed by atoms with Crippen molar-refractivity contribution in [2.45, 2.75) is 17.7 Å². The van der Waals surface area contributed by atoms with Gasteiger partial charge in [0.25, 0.3) is 0 Å². The lowest BCUT2D eigenvalue weighted by atomic mass is 10.2. The maximum Gasteiger partial charge on any atom is 0.335 e. The number of halogens is 1. The van der Waals surface area contributed by atoms with Gasteiger partial charge in [-0.05, 0) is 31.0 Å². The highest BCUT2D eigenvalue weighted by atomic mass is 32.2. The molecule has 1 rings (SSSR count). The van der Waals surface area contributed by atoms with Gasteiger partial charge in [-0.15, -0.1) is 0 Å². The van der Waals surface area contributed by atoms with E-state index in [1.54, 1.807) is 0 Å². The first-order chi connectivity index (χ1) is 8.88. The van der Waals surface area contributed by atoms with Crippen molar-refractivity contribution >= 4 is 16.0 Å². The van der Waals surface area contributed by atoms with Crippen LogP contribution in [-0.4, -0.2) is 37.8 Å². The molecule has 0 bridgehead atoms. The Labute approximate surface area is 109 Å². The van der Waals surface area contributed by atoms with Crippen LogP contribution in [0.2, 0.25) is 0 Å². The fraction of sp³-hybridized carbons (Fsp3) is 0.364. The fourth-order valence-electron chi connectivity index (χ4n) is 1.37. The van der Waals surface area contributed by atoms with Gasteiger partial charge in [0.1, 0.15) is 10.7 Å². The monoisotopic (exact) mass is 291 g/mol. The van der Waals surface area contributed by atoms with Crippen molar-refractivity contribution in [3.8, 4) is 0 Å². The predicted molar refractivity (Wildman–Crippen MR) is 64.9 cm³/mol. The first kappa shape index (κ1) is 15.5. The Balaban J connectivity index is 2.87. The highest BCUT2D eigenvalue weighted by Crippen LogP contribution is 2.16. The minimum atomic E-state index is -4.01. The molecule has 8 heteroatoms. The summed E-state index contributed by atoms with van der Waals surface area (Å²) in [6.45, 7) is 0.0203. The van der Waals surface area contributed by atoms with E-state index in [0.717, 1.165) is 12.1 Å². The van der Waals surface area contributed by atoms with Crippen LogP contribution in [0.15, 0.2) is 23.1 Å². The number of sulfonamides is 1. The fourth-order valence-corrected chi connectivity index (χ4v) is 2.50. The van der Waals surface area contributed by atoms with Crippen LogP contribution < -0.4 is 4.72 Å². The van der Waals surface area contributed by atoms with Gasteiger partial charge >= 0.3 is 5.97 Å². The van der Waals surface area contributed by atoms with E-state index in [-0.39, 0.29) is 18.7 Å². The number of unbranched alkanes of at least 4 members (excludes halogenated alkanes) is 1. The molecule has 0 radical (unpaired) electrons. The predicted octanol–water partition coefficient (Wildman–Crippen LogP) is 0.575. The van der Waals surface area contributed by atoms with Gasteiger partial charge < -0.3 is 10.2 Å². The zero-order valence-electron chi connectivity index (χ0n) is 9.97. The Morgan fingerprint density at radius 3 is 2.53 bits per heavy atom. The molecule has 0 heterocycles. The van der Waals surface area contributed by atoms with E-state index in [1.807, 2.05) is 0 Å². The number of hydrogen-bond acceptors (Lipinski definition) is 4. The van der Waals surface area contributed by atoms with Gasteiger partial charge in [0.05, 0.1) is 5.56 Å². The second kappa shape index (κ2) is 6.60. The molecule has 0 amide bonds. The van der Waals surface area contributed by atoms with Crippen LogP contribution >= 0.6 is 0 Å². The lowest BCUT2D eigenvalue weighted by Gasteiger charge is -2.07. The lowest BCUT2D eigenvalue weighted by Crippen LogP contribution is -2.26. The normalized spacial score (nSPS) is 11.5. The van der Waals surface area contributed by atoms with Gasteiger partial charge in [-0.1, -0.05) is 0 Å². The van der Waals surface area contributed by atoms with Gasteiger partial charge in [-0.2, -0.15) is 0 Å². The number of aliphatic hydroxyl groups excluding tert-OH is 1. The standard InChI is InChI=1S/C11H14FNO5S/c12-9-7-8(11(15)16)3-4-10(9)19(17,18)13-5-1-2-6-14/h3-4,7,13-14H,1-2,5-6H2,(H,15,16). The molecule has 0 aliphatic carbocycles. The third-order valence-corrected chi connectivity index (χ3v) is 3.84. The van der Waals surface area contributed by atoms with Crippen LogP contribution in [0.1, 0.15) is 23.2 Å². The third kappa shape index (κ3) is 4.27. The van der Waals surface area contributed by atoms with Crippen molar-refractivity contribution in [2.24, 2.45) is 0 Å². The number of carboxylic acids is 1. The minimum absolute atomic E-state index is 0.0522. The Morgan fingerprint density at radius 1 is 1.32 bits per heavy atom. The van der Waals surface area contributed by atoms with E-state index in [4.69, 9.17) is 10.2 Å². The number of carboxylic acid groups (broad SMARTS) is 1. The van der Waals surface area contributed by atoms with E-state index in [9.17, 15) is 17.6 Å². The van der Waals surface area contributed by atoms with Gasteiger partial charge in [-0.3, -0.25) is 0 Å². The van der Waals surface area contributed by atoms with Crippen LogP contribution in [0.25, 0.3) is 0 Å². The molecular formula is C11H14FNO5S. The number of hydrogen-bond donors (Lipinski definition) is 3. The van der Waals surface area contributed by atoms with Gasteiger partial charge in [0.2, 0.25) is 10.0 Å². The average molecular weight is 291 g/mol. The maximum absolute atomic E-state index is 13.6. The number of benzene rings is 1. The summed E-state index contributed by atoms with van der Waals surface area (Å²) in [7, 11) is -4.01. The molecule has 106 valence electrons. The SMILES string of the molecule is O=C(O)c1ccc(S(=O)(=O)NCCCCO)c(F)c1. The summed E-state index contributed by atoms with van der Waals surface area (Å²) < 4.78 is 39.2. The van der Waals surface area contributed by atoms with Crippen molar-refractivity contribution in [3.05, 3.63) is 29.6 Å². The maximum atomic E-state index is 13.6. The minimum Gasteiger partial charge on any atom is -0.478 e. The van der Waals surface area contributed by atoms with E-state index in [2.05, 4.69) is 4.72 Å². The molecule has 0 unspecified atom stereocenters. The topological polar surface area (TPSA) is 104 Å². The molecular weight excluding hydrogens is 277 g/mol. The van der Waals surface area contributed by atoms with Gasteiger partial charge in [0.15, 0.2) is 0 Å². The molecule has 19 heavy (non-hydrogen) atoms. The second-order valence-corrected chi connectivity index (χ2v) is 5.51. The first-order valence-corrected chi connectivity index (χ1v) is 7.00. The Hall–Kier alpha value is -1.51. The van der Waals surface area contributed by atoms with Crippen molar-refractivity contribution in [1.29, 1.82) is 0 Å².